The molecule has 0 aliphatic heterocycles. The number of halogens is 2. The number of hydrogen-bond acceptors (Lipinski definition) is 4. The maximum absolute atomic E-state index is 14.5. The van der Waals surface area contributed by atoms with Gasteiger partial charge in [0.05, 0.1) is 17.8 Å². The first-order chi connectivity index (χ1) is 11.3. The van der Waals surface area contributed by atoms with E-state index in [9.17, 15) is 14.0 Å². The van der Waals surface area contributed by atoms with Crippen LogP contribution in [0.1, 0.15) is 5.82 Å². The van der Waals surface area contributed by atoms with Crippen LogP contribution in [0, 0.1) is 25.1 Å². The molecule has 0 bridgehead atoms. The zero-order chi connectivity index (χ0) is 17.6. The first-order valence-corrected chi connectivity index (χ1v) is 7.22. The van der Waals surface area contributed by atoms with Gasteiger partial charge in [-0.3, -0.25) is 13.9 Å². The summed E-state index contributed by atoms with van der Waals surface area (Å²) >= 11 is 6.05. The van der Waals surface area contributed by atoms with Gasteiger partial charge in [-0.2, -0.15) is 0 Å². The topological polar surface area (TPSA) is 70.0 Å². The second-order valence-electron chi connectivity index (χ2n) is 5.14. The molecule has 0 fully saturated rings. The number of fused-ring (bicyclic) bond motifs is 1. The molecule has 0 saturated heterocycles. The molecule has 2 heterocycles. The molecule has 1 aromatic carbocycles. The second-order valence-corrected chi connectivity index (χ2v) is 5.52. The highest BCUT2D eigenvalue weighted by atomic mass is 35.5. The third-order valence-corrected chi connectivity index (χ3v) is 4.06. The van der Waals surface area contributed by atoms with E-state index in [2.05, 4.69) is 10.9 Å². The minimum absolute atomic E-state index is 0.00225. The molecular formula is C16H11ClFN3O3. The lowest BCUT2D eigenvalue weighted by Gasteiger charge is -2.09. The maximum Gasteiger partial charge on any atom is 0.420 e. The van der Waals surface area contributed by atoms with E-state index < -0.39 is 17.1 Å². The molecule has 0 aliphatic carbocycles. The van der Waals surface area contributed by atoms with Crippen molar-refractivity contribution in [1.82, 2.24) is 14.1 Å². The molecule has 3 aromatic rings. The van der Waals surface area contributed by atoms with Gasteiger partial charge in [0.1, 0.15) is 16.7 Å². The fourth-order valence-corrected chi connectivity index (χ4v) is 2.64. The molecule has 8 heteroatoms. The van der Waals surface area contributed by atoms with Crippen LogP contribution in [0.4, 0.5) is 4.39 Å². The van der Waals surface area contributed by atoms with Crippen molar-refractivity contribution in [3.05, 3.63) is 49.7 Å². The molecule has 6 nitrogen and oxygen atoms in total. The Balaban J connectivity index is 2.38. The highest BCUT2D eigenvalue weighted by molar-refractivity contribution is 6.32. The average Bonchev–Trinajstić information content (AvgIpc) is 2.84. The SMILES string of the molecule is C#CCn1c(=O)oc2cc(F)c(-c3nc(C)n(C)c(=O)c3Cl)cc21. The lowest BCUT2D eigenvalue weighted by Crippen LogP contribution is -2.22. The van der Waals surface area contributed by atoms with Gasteiger partial charge in [-0.15, -0.1) is 6.42 Å². The monoisotopic (exact) mass is 347 g/mol. The predicted octanol–water partition coefficient (Wildman–Crippen LogP) is 2.09. The number of nitrogens with zero attached hydrogens (tertiary/aromatic N) is 3. The van der Waals surface area contributed by atoms with Gasteiger partial charge >= 0.3 is 5.76 Å². The molecule has 0 aliphatic rings. The summed E-state index contributed by atoms with van der Waals surface area (Å²) in [5.74, 6) is 1.28. The third kappa shape index (κ3) is 2.32. The smallest absolute Gasteiger partial charge is 0.408 e. The van der Waals surface area contributed by atoms with E-state index in [0.29, 0.717) is 11.3 Å². The predicted molar refractivity (Wildman–Crippen MR) is 87.5 cm³/mol. The summed E-state index contributed by atoms with van der Waals surface area (Å²) in [6.45, 7) is 1.57. The van der Waals surface area contributed by atoms with Crippen molar-refractivity contribution in [3.8, 4) is 23.6 Å². The van der Waals surface area contributed by atoms with E-state index in [1.807, 2.05) is 0 Å². The van der Waals surface area contributed by atoms with Gasteiger partial charge in [-0.1, -0.05) is 17.5 Å². The van der Waals surface area contributed by atoms with Crippen LogP contribution >= 0.6 is 11.6 Å². The van der Waals surface area contributed by atoms with E-state index in [0.717, 1.165) is 6.07 Å². The molecule has 0 spiro atoms. The quantitative estimate of drug-likeness (QED) is 0.666. The Morgan fingerprint density at radius 2 is 2.12 bits per heavy atom. The number of hydrogen-bond donors (Lipinski definition) is 0. The number of terminal acetylenes is 1. The van der Waals surface area contributed by atoms with Crippen molar-refractivity contribution in [2.45, 2.75) is 13.5 Å². The Kier molecular flexibility index (Phi) is 3.78. The maximum atomic E-state index is 14.5. The highest BCUT2D eigenvalue weighted by Crippen LogP contribution is 2.29. The van der Waals surface area contributed by atoms with Crippen LogP contribution in [-0.4, -0.2) is 14.1 Å². The Morgan fingerprint density at radius 1 is 1.42 bits per heavy atom. The van der Waals surface area contributed by atoms with Gasteiger partial charge in [-0.05, 0) is 13.0 Å². The van der Waals surface area contributed by atoms with Crippen LogP contribution in [0.15, 0.2) is 26.1 Å². The summed E-state index contributed by atoms with van der Waals surface area (Å²) < 4.78 is 21.9. The summed E-state index contributed by atoms with van der Waals surface area (Å²) in [5.41, 5.74) is -0.164. The van der Waals surface area contributed by atoms with Crippen molar-refractivity contribution < 1.29 is 8.81 Å². The summed E-state index contributed by atoms with van der Waals surface area (Å²) in [5, 5.41) is -0.212. The van der Waals surface area contributed by atoms with Gasteiger partial charge in [0.2, 0.25) is 0 Å². The molecule has 0 saturated carbocycles. The number of oxazole rings is 1. The van der Waals surface area contributed by atoms with Crippen molar-refractivity contribution in [2.75, 3.05) is 0 Å². The van der Waals surface area contributed by atoms with E-state index in [1.165, 1.54) is 22.2 Å². The third-order valence-electron chi connectivity index (χ3n) is 3.72. The zero-order valence-electron chi connectivity index (χ0n) is 12.8. The molecule has 2 aromatic heterocycles. The summed E-state index contributed by atoms with van der Waals surface area (Å²) in [6, 6.07) is 2.39. The highest BCUT2D eigenvalue weighted by Gasteiger charge is 2.19. The van der Waals surface area contributed by atoms with Crippen LogP contribution in [0.2, 0.25) is 5.02 Å². The number of aromatic nitrogens is 3. The van der Waals surface area contributed by atoms with Crippen molar-refractivity contribution in [1.29, 1.82) is 0 Å². The van der Waals surface area contributed by atoms with Gasteiger partial charge in [0.25, 0.3) is 5.56 Å². The zero-order valence-corrected chi connectivity index (χ0v) is 13.5. The molecule has 3 rings (SSSR count). The van der Waals surface area contributed by atoms with Gasteiger partial charge in [-0.25, -0.2) is 14.2 Å². The summed E-state index contributed by atoms with van der Waals surface area (Å²) in [4.78, 5) is 28.1. The lowest BCUT2D eigenvalue weighted by molar-refractivity contribution is 0.519. The van der Waals surface area contributed by atoms with Crippen LogP contribution in [0.25, 0.3) is 22.4 Å². The number of aryl methyl sites for hydroxylation is 1. The summed E-state index contributed by atoms with van der Waals surface area (Å²) in [7, 11) is 1.51. The van der Waals surface area contributed by atoms with Crippen molar-refractivity contribution >= 4 is 22.7 Å². The van der Waals surface area contributed by atoms with Crippen LogP contribution < -0.4 is 11.3 Å². The van der Waals surface area contributed by atoms with Gasteiger partial charge < -0.3 is 4.42 Å². The van der Waals surface area contributed by atoms with E-state index in [1.54, 1.807) is 6.92 Å². The second kappa shape index (κ2) is 5.65. The molecule has 0 amide bonds. The van der Waals surface area contributed by atoms with Crippen molar-refractivity contribution in [3.63, 3.8) is 0 Å². The molecular weight excluding hydrogens is 337 g/mol. The molecule has 0 unspecified atom stereocenters. The number of benzene rings is 1. The molecule has 122 valence electrons. The average molecular weight is 348 g/mol. The summed E-state index contributed by atoms with van der Waals surface area (Å²) in [6.07, 6.45) is 5.24. The Hall–Kier alpha value is -2.85. The Labute approximate surface area is 140 Å². The molecule has 24 heavy (non-hydrogen) atoms. The molecule has 0 atom stereocenters. The Bertz CT molecular complexity index is 1130. The molecule has 0 radical (unpaired) electrons. The fraction of sp³-hybridized carbons (Fsp3) is 0.188. The van der Waals surface area contributed by atoms with Crippen LogP contribution in [0.5, 0.6) is 0 Å². The standard InChI is InChI=1S/C16H11ClFN3O3/c1-4-5-21-11-6-9(10(18)7-12(11)24-16(21)23)14-13(17)15(22)20(3)8(2)19-14/h1,6-7H,5H2,2-3H3. The fourth-order valence-electron chi connectivity index (χ4n) is 2.37. The van der Waals surface area contributed by atoms with Gasteiger partial charge in [0.15, 0.2) is 5.58 Å². The first-order valence-electron chi connectivity index (χ1n) is 6.85. The van der Waals surface area contributed by atoms with E-state index in [4.69, 9.17) is 22.4 Å². The lowest BCUT2D eigenvalue weighted by atomic mass is 10.1. The minimum atomic E-state index is -0.717. The van der Waals surface area contributed by atoms with Crippen LogP contribution in [-0.2, 0) is 13.6 Å². The van der Waals surface area contributed by atoms with Gasteiger partial charge in [0, 0.05) is 18.7 Å². The molecule has 0 N–H and O–H groups in total. The number of rotatable bonds is 2. The minimum Gasteiger partial charge on any atom is -0.408 e. The van der Waals surface area contributed by atoms with E-state index >= 15 is 0 Å². The first kappa shape index (κ1) is 16.0. The van der Waals surface area contributed by atoms with Crippen molar-refractivity contribution in [2.24, 2.45) is 7.05 Å². The largest absolute Gasteiger partial charge is 0.420 e. The van der Waals surface area contributed by atoms with Crippen LogP contribution in [0.3, 0.4) is 0 Å². The normalized spacial score (nSPS) is 11.0. The Morgan fingerprint density at radius 3 is 2.79 bits per heavy atom. The van der Waals surface area contributed by atoms with E-state index in [-0.39, 0.29) is 28.4 Å².